The summed E-state index contributed by atoms with van der Waals surface area (Å²) in [4.78, 5) is 0. The zero-order valence-corrected chi connectivity index (χ0v) is 13.9. The first kappa shape index (κ1) is 13.8. The van der Waals surface area contributed by atoms with Crippen molar-refractivity contribution in [2.45, 2.75) is 13.8 Å². The Morgan fingerprint density at radius 3 is 1.64 bits per heavy atom. The number of rotatable bonds is 0. The van der Waals surface area contributed by atoms with Gasteiger partial charge in [-0.15, -0.1) is 0 Å². The Labute approximate surface area is 144 Å². The van der Waals surface area contributed by atoms with Crippen LogP contribution in [0.2, 0.25) is 0 Å². The lowest BCUT2D eigenvalue weighted by Gasteiger charge is -2.03. The minimum absolute atomic E-state index is 0.689. The van der Waals surface area contributed by atoms with Gasteiger partial charge in [-0.3, -0.25) is 0 Å². The van der Waals surface area contributed by atoms with Gasteiger partial charge in [0.25, 0.3) is 0 Å². The summed E-state index contributed by atoms with van der Waals surface area (Å²) >= 11 is 0. The molecule has 0 aliphatic rings. The van der Waals surface area contributed by atoms with E-state index >= 15 is 0 Å². The molecule has 0 spiro atoms. The summed E-state index contributed by atoms with van der Waals surface area (Å²) < 4.78 is 2.20. The summed E-state index contributed by atoms with van der Waals surface area (Å²) in [6.07, 6.45) is 0. The molecule has 3 nitrogen and oxygen atoms in total. The van der Waals surface area contributed by atoms with Crippen LogP contribution in [0.15, 0.2) is 42.5 Å². The van der Waals surface area contributed by atoms with Gasteiger partial charge in [-0.2, -0.15) is 10.5 Å². The van der Waals surface area contributed by atoms with Crippen molar-refractivity contribution < 1.29 is 0 Å². The van der Waals surface area contributed by atoms with E-state index in [0.717, 1.165) is 38.4 Å². The molecular weight excluding hydrogens is 306 g/mol. The number of hydrogen-bond acceptors (Lipinski definition) is 2. The molecule has 0 aliphatic carbocycles. The maximum Gasteiger partial charge on any atom is 0.0995 e. The van der Waals surface area contributed by atoms with Crippen LogP contribution in [0.25, 0.3) is 38.1 Å². The molecule has 0 amide bonds. The average Bonchev–Trinajstić information content (AvgIpc) is 3.11. The van der Waals surface area contributed by atoms with Crippen LogP contribution in [0, 0.1) is 36.5 Å². The summed E-state index contributed by atoms with van der Waals surface area (Å²) in [5.74, 6) is 0. The van der Waals surface area contributed by atoms with Gasteiger partial charge in [0.2, 0.25) is 0 Å². The topological polar surface area (TPSA) is 52.0 Å². The first-order valence-electron chi connectivity index (χ1n) is 8.17. The second-order valence-electron chi connectivity index (χ2n) is 6.63. The fourth-order valence-electron chi connectivity index (χ4n) is 4.03. The van der Waals surface area contributed by atoms with E-state index in [1.807, 2.05) is 26.0 Å². The molecule has 0 N–H and O–H groups in total. The number of nitrogens with zero attached hydrogens (tertiary/aromatic N) is 3. The van der Waals surface area contributed by atoms with Crippen LogP contribution in [0.3, 0.4) is 0 Å². The third-order valence-electron chi connectivity index (χ3n) is 5.25. The standard InChI is InChI=1S/C22H13N3/c1-12-6-18-16-4-3-5-17-19-7-13(2)15(11-24)9-21(19)25(22(16)17)20(18)8-14(12)10-23/h3-9H,1-2H3. The molecule has 5 rings (SSSR count). The van der Waals surface area contributed by atoms with E-state index in [0.29, 0.717) is 11.1 Å². The third kappa shape index (κ3) is 1.57. The Bertz CT molecular complexity index is 1320. The van der Waals surface area contributed by atoms with Crippen LogP contribution in [0.4, 0.5) is 0 Å². The summed E-state index contributed by atoms with van der Waals surface area (Å²) in [5.41, 5.74) is 6.57. The molecule has 5 aromatic rings. The van der Waals surface area contributed by atoms with Crippen molar-refractivity contribution in [2.75, 3.05) is 0 Å². The molecule has 25 heavy (non-hydrogen) atoms. The fraction of sp³-hybridized carbons (Fsp3) is 0.0909. The van der Waals surface area contributed by atoms with Crippen molar-refractivity contribution >= 4 is 38.1 Å². The minimum Gasteiger partial charge on any atom is -0.308 e. The number of hydrogen-bond donors (Lipinski definition) is 0. The predicted molar refractivity (Wildman–Crippen MR) is 100 cm³/mol. The maximum atomic E-state index is 9.44. The van der Waals surface area contributed by atoms with E-state index in [2.05, 4.69) is 46.9 Å². The lowest BCUT2D eigenvalue weighted by molar-refractivity contribution is 1.33. The molecule has 3 aromatic carbocycles. The zero-order chi connectivity index (χ0) is 17.3. The Balaban J connectivity index is 2.16. The molecule has 0 saturated heterocycles. The third-order valence-corrected chi connectivity index (χ3v) is 5.25. The lowest BCUT2D eigenvalue weighted by atomic mass is 10.0. The second kappa shape index (κ2) is 4.50. The van der Waals surface area contributed by atoms with Gasteiger partial charge >= 0.3 is 0 Å². The van der Waals surface area contributed by atoms with E-state index < -0.39 is 0 Å². The largest absolute Gasteiger partial charge is 0.308 e. The maximum absolute atomic E-state index is 9.44. The number of aryl methyl sites for hydroxylation is 2. The normalized spacial score (nSPS) is 11.5. The lowest BCUT2D eigenvalue weighted by Crippen LogP contribution is -1.87. The van der Waals surface area contributed by atoms with Gasteiger partial charge in [-0.05, 0) is 49.2 Å². The number of fused-ring (bicyclic) bond motifs is 6. The first-order valence-corrected chi connectivity index (χ1v) is 8.17. The molecule has 0 fully saturated rings. The van der Waals surface area contributed by atoms with Crippen molar-refractivity contribution in [3.05, 3.63) is 64.7 Å². The highest BCUT2D eigenvalue weighted by atomic mass is 14.9. The Hall–Kier alpha value is -3.56. The van der Waals surface area contributed by atoms with Gasteiger partial charge in [0.05, 0.1) is 39.8 Å². The van der Waals surface area contributed by atoms with E-state index in [1.54, 1.807) is 0 Å². The van der Waals surface area contributed by atoms with Gasteiger partial charge in [0, 0.05) is 21.5 Å². The summed E-state index contributed by atoms with van der Waals surface area (Å²) in [5, 5.41) is 23.6. The van der Waals surface area contributed by atoms with Crippen LogP contribution >= 0.6 is 0 Å². The van der Waals surface area contributed by atoms with Crippen LogP contribution in [0.1, 0.15) is 22.3 Å². The minimum atomic E-state index is 0.689. The van der Waals surface area contributed by atoms with E-state index in [1.165, 1.54) is 10.8 Å². The molecule has 0 radical (unpaired) electrons. The van der Waals surface area contributed by atoms with E-state index in [4.69, 9.17) is 0 Å². The fourth-order valence-corrected chi connectivity index (χ4v) is 4.03. The van der Waals surface area contributed by atoms with Crippen LogP contribution in [-0.2, 0) is 0 Å². The molecule has 0 bridgehead atoms. The Morgan fingerprint density at radius 1 is 0.720 bits per heavy atom. The highest BCUT2D eigenvalue weighted by molar-refractivity contribution is 6.23. The van der Waals surface area contributed by atoms with Crippen LogP contribution < -0.4 is 0 Å². The van der Waals surface area contributed by atoms with Crippen molar-refractivity contribution in [1.82, 2.24) is 4.40 Å². The van der Waals surface area contributed by atoms with Gasteiger partial charge in [-0.1, -0.05) is 18.2 Å². The van der Waals surface area contributed by atoms with Crippen LogP contribution in [0.5, 0.6) is 0 Å². The molecular formula is C22H13N3. The first-order chi connectivity index (χ1) is 12.1. The Morgan fingerprint density at radius 2 is 1.20 bits per heavy atom. The molecule has 3 heteroatoms. The highest BCUT2D eigenvalue weighted by Gasteiger charge is 2.19. The van der Waals surface area contributed by atoms with E-state index in [9.17, 15) is 10.5 Å². The van der Waals surface area contributed by atoms with Crippen molar-refractivity contribution in [3.63, 3.8) is 0 Å². The van der Waals surface area contributed by atoms with Gasteiger partial charge in [-0.25, -0.2) is 0 Å². The number of nitriles is 2. The van der Waals surface area contributed by atoms with Crippen molar-refractivity contribution in [1.29, 1.82) is 10.5 Å². The smallest absolute Gasteiger partial charge is 0.0995 e. The predicted octanol–water partition coefficient (Wildman–Crippen LogP) is 5.20. The van der Waals surface area contributed by atoms with Gasteiger partial charge < -0.3 is 4.40 Å². The number of aromatic nitrogens is 1. The molecule has 116 valence electrons. The molecule has 2 heterocycles. The molecule has 0 saturated carbocycles. The second-order valence-corrected chi connectivity index (χ2v) is 6.63. The van der Waals surface area contributed by atoms with Gasteiger partial charge in [0.15, 0.2) is 0 Å². The number of para-hydroxylation sites is 1. The summed E-state index contributed by atoms with van der Waals surface area (Å²) in [6, 6.07) is 19.1. The summed E-state index contributed by atoms with van der Waals surface area (Å²) in [7, 11) is 0. The Kier molecular flexibility index (Phi) is 2.49. The van der Waals surface area contributed by atoms with Crippen molar-refractivity contribution in [2.24, 2.45) is 0 Å². The van der Waals surface area contributed by atoms with Crippen molar-refractivity contribution in [3.8, 4) is 12.1 Å². The van der Waals surface area contributed by atoms with E-state index in [-0.39, 0.29) is 0 Å². The molecule has 0 unspecified atom stereocenters. The quantitative estimate of drug-likeness (QED) is 0.394. The highest BCUT2D eigenvalue weighted by Crippen LogP contribution is 2.40. The zero-order valence-electron chi connectivity index (χ0n) is 13.9. The summed E-state index contributed by atoms with van der Waals surface area (Å²) in [6.45, 7) is 3.95. The number of benzene rings is 3. The van der Waals surface area contributed by atoms with Crippen LogP contribution in [-0.4, -0.2) is 4.40 Å². The molecule has 0 atom stereocenters. The van der Waals surface area contributed by atoms with Gasteiger partial charge in [0.1, 0.15) is 0 Å². The average molecular weight is 319 g/mol. The molecule has 2 aromatic heterocycles. The molecule has 0 aliphatic heterocycles. The SMILES string of the molecule is Cc1cc2c3cccc4c5cc(C)c(C#N)cc5n(c2cc1C#N)c34. The monoisotopic (exact) mass is 319 g/mol.